The molecule has 2 aromatic carbocycles. The van der Waals surface area contributed by atoms with Gasteiger partial charge >= 0.3 is 0 Å². The number of aromatic nitrogens is 2. The first-order valence-electron chi connectivity index (χ1n) is 7.28. The number of fused-ring (bicyclic) bond motifs is 1. The second-order valence-electron chi connectivity index (χ2n) is 5.21. The predicted molar refractivity (Wildman–Crippen MR) is 89.7 cm³/mol. The summed E-state index contributed by atoms with van der Waals surface area (Å²) in [5.41, 5.74) is 3.16. The average molecular weight is 293 g/mol. The smallest absolute Gasteiger partial charge is 0.151 e. The molecule has 3 aromatic rings. The molecule has 0 aliphatic carbocycles. The van der Waals surface area contributed by atoms with E-state index in [1.807, 2.05) is 60.3 Å². The van der Waals surface area contributed by atoms with Crippen molar-refractivity contribution in [1.82, 2.24) is 9.55 Å². The van der Waals surface area contributed by atoms with Crippen LogP contribution in [0.5, 0.6) is 5.75 Å². The molecule has 0 aliphatic heterocycles. The largest absolute Gasteiger partial charge is 0.496 e. The Balaban J connectivity index is 1.90. The van der Waals surface area contributed by atoms with E-state index in [4.69, 9.17) is 4.74 Å². The molecule has 0 N–H and O–H groups in total. The maximum atomic E-state index is 5.40. The molecule has 0 saturated heterocycles. The summed E-state index contributed by atoms with van der Waals surface area (Å²) < 4.78 is 7.44. The van der Waals surface area contributed by atoms with Crippen LogP contribution in [0.1, 0.15) is 24.4 Å². The molecular weight excluding hydrogens is 274 g/mol. The SMILES string of the molecule is COc1ccccc1C(C)N=Cc1nc2ccccc2n1C. The van der Waals surface area contributed by atoms with E-state index in [0.717, 1.165) is 28.2 Å². The van der Waals surface area contributed by atoms with Gasteiger partial charge in [-0.25, -0.2) is 4.98 Å². The lowest BCUT2D eigenvalue weighted by Gasteiger charge is -2.11. The Kier molecular flexibility index (Phi) is 3.92. The number of benzene rings is 2. The zero-order valence-electron chi connectivity index (χ0n) is 13.0. The molecule has 0 bridgehead atoms. The number of rotatable bonds is 4. The number of aliphatic imine (C=N–C) groups is 1. The number of nitrogens with zero attached hydrogens (tertiary/aromatic N) is 3. The fraction of sp³-hybridized carbons (Fsp3) is 0.222. The summed E-state index contributed by atoms with van der Waals surface area (Å²) in [6, 6.07) is 16.0. The second kappa shape index (κ2) is 6.02. The summed E-state index contributed by atoms with van der Waals surface area (Å²) in [4.78, 5) is 9.24. The fourth-order valence-corrected chi connectivity index (χ4v) is 2.55. The molecule has 3 rings (SSSR count). The Morgan fingerprint density at radius 2 is 1.86 bits per heavy atom. The van der Waals surface area contributed by atoms with Crippen LogP contribution in [0.3, 0.4) is 0 Å². The van der Waals surface area contributed by atoms with Crippen molar-refractivity contribution in [3.63, 3.8) is 0 Å². The molecule has 1 unspecified atom stereocenters. The molecule has 0 radical (unpaired) electrons. The van der Waals surface area contributed by atoms with Gasteiger partial charge in [-0.3, -0.25) is 4.99 Å². The number of hydrogen-bond donors (Lipinski definition) is 0. The first-order chi connectivity index (χ1) is 10.7. The third-order valence-electron chi connectivity index (χ3n) is 3.82. The number of methoxy groups -OCH3 is 1. The fourth-order valence-electron chi connectivity index (χ4n) is 2.55. The summed E-state index contributed by atoms with van der Waals surface area (Å²) in [6.07, 6.45) is 1.83. The van der Waals surface area contributed by atoms with Crippen molar-refractivity contribution in [1.29, 1.82) is 0 Å². The highest BCUT2D eigenvalue weighted by molar-refractivity contribution is 5.85. The standard InChI is InChI=1S/C18H19N3O/c1-13(14-8-4-7-11-17(14)22-3)19-12-18-20-15-9-5-6-10-16(15)21(18)2/h4-13H,1-3H3. The highest BCUT2D eigenvalue weighted by Crippen LogP contribution is 2.26. The van der Waals surface area contributed by atoms with Gasteiger partial charge in [0.15, 0.2) is 5.82 Å². The molecule has 112 valence electrons. The second-order valence-corrected chi connectivity index (χ2v) is 5.21. The van der Waals surface area contributed by atoms with Gasteiger partial charge in [0.05, 0.1) is 30.4 Å². The molecule has 4 heteroatoms. The van der Waals surface area contributed by atoms with Gasteiger partial charge < -0.3 is 9.30 Å². The highest BCUT2D eigenvalue weighted by atomic mass is 16.5. The van der Waals surface area contributed by atoms with Crippen LogP contribution >= 0.6 is 0 Å². The lowest BCUT2D eigenvalue weighted by molar-refractivity contribution is 0.407. The van der Waals surface area contributed by atoms with Gasteiger partial charge in [0.2, 0.25) is 0 Å². The zero-order chi connectivity index (χ0) is 15.5. The Labute approximate surface area is 130 Å². The summed E-state index contributed by atoms with van der Waals surface area (Å²) in [6.45, 7) is 2.05. The van der Waals surface area contributed by atoms with Gasteiger partial charge in [-0.05, 0) is 25.1 Å². The minimum Gasteiger partial charge on any atom is -0.496 e. The molecular formula is C18H19N3O. The van der Waals surface area contributed by atoms with Crippen molar-refractivity contribution in [2.45, 2.75) is 13.0 Å². The minimum atomic E-state index is 0.0102. The maximum absolute atomic E-state index is 5.40. The average Bonchev–Trinajstić information content (AvgIpc) is 2.89. The van der Waals surface area contributed by atoms with Crippen LogP contribution in [0.25, 0.3) is 11.0 Å². The van der Waals surface area contributed by atoms with Crippen LogP contribution in [-0.4, -0.2) is 22.9 Å². The Morgan fingerprint density at radius 1 is 1.14 bits per heavy atom. The Bertz CT molecular complexity index is 820. The Hall–Kier alpha value is -2.62. The first kappa shape index (κ1) is 14.3. The molecule has 4 nitrogen and oxygen atoms in total. The number of imidazole rings is 1. The molecule has 22 heavy (non-hydrogen) atoms. The van der Waals surface area contributed by atoms with Crippen molar-refractivity contribution >= 4 is 17.2 Å². The molecule has 1 heterocycles. The summed E-state index contributed by atoms with van der Waals surface area (Å²) in [5.74, 6) is 1.71. The van der Waals surface area contributed by atoms with Gasteiger partial charge in [-0.1, -0.05) is 30.3 Å². The summed E-state index contributed by atoms with van der Waals surface area (Å²) in [5, 5.41) is 0. The molecule has 1 aromatic heterocycles. The van der Waals surface area contributed by atoms with Gasteiger partial charge in [-0.15, -0.1) is 0 Å². The van der Waals surface area contributed by atoms with Crippen LogP contribution in [0.2, 0.25) is 0 Å². The van der Waals surface area contributed by atoms with Crippen LogP contribution in [0, 0.1) is 0 Å². The van der Waals surface area contributed by atoms with Crippen LogP contribution in [-0.2, 0) is 7.05 Å². The quantitative estimate of drug-likeness (QED) is 0.687. The molecule has 0 saturated carbocycles. The normalized spacial score (nSPS) is 12.9. The van der Waals surface area contributed by atoms with E-state index in [1.54, 1.807) is 7.11 Å². The van der Waals surface area contributed by atoms with Crippen molar-refractivity contribution in [3.8, 4) is 5.75 Å². The van der Waals surface area contributed by atoms with Crippen LogP contribution in [0.15, 0.2) is 53.5 Å². The van der Waals surface area contributed by atoms with Crippen molar-refractivity contribution in [3.05, 3.63) is 59.9 Å². The van der Waals surface area contributed by atoms with Crippen molar-refractivity contribution in [2.24, 2.45) is 12.0 Å². The topological polar surface area (TPSA) is 39.4 Å². The van der Waals surface area contributed by atoms with Gasteiger partial charge in [0, 0.05) is 12.6 Å². The first-order valence-corrected chi connectivity index (χ1v) is 7.28. The lowest BCUT2D eigenvalue weighted by Crippen LogP contribution is -1.99. The number of ether oxygens (including phenoxy) is 1. The Morgan fingerprint density at radius 3 is 2.64 bits per heavy atom. The van der Waals surface area contributed by atoms with E-state index in [1.165, 1.54) is 0 Å². The van der Waals surface area contributed by atoms with Gasteiger partial charge in [0.25, 0.3) is 0 Å². The van der Waals surface area contributed by atoms with E-state index < -0.39 is 0 Å². The van der Waals surface area contributed by atoms with E-state index in [0.29, 0.717) is 0 Å². The van der Waals surface area contributed by atoms with Crippen LogP contribution < -0.4 is 4.74 Å². The molecule has 0 aliphatic rings. The highest BCUT2D eigenvalue weighted by Gasteiger charge is 2.10. The van der Waals surface area contributed by atoms with Crippen molar-refractivity contribution in [2.75, 3.05) is 7.11 Å². The third kappa shape index (κ3) is 2.60. The minimum absolute atomic E-state index is 0.0102. The lowest BCUT2D eigenvalue weighted by atomic mass is 10.1. The van der Waals surface area contributed by atoms with E-state index >= 15 is 0 Å². The molecule has 0 fully saturated rings. The molecule has 0 amide bonds. The third-order valence-corrected chi connectivity index (χ3v) is 3.82. The number of para-hydroxylation sites is 3. The van der Waals surface area contributed by atoms with E-state index in [9.17, 15) is 0 Å². The predicted octanol–water partition coefficient (Wildman–Crippen LogP) is 3.76. The van der Waals surface area contributed by atoms with Crippen LogP contribution in [0.4, 0.5) is 0 Å². The van der Waals surface area contributed by atoms with E-state index in [-0.39, 0.29) is 6.04 Å². The van der Waals surface area contributed by atoms with Gasteiger partial charge in [0.1, 0.15) is 5.75 Å². The monoisotopic (exact) mass is 293 g/mol. The molecule has 0 spiro atoms. The maximum Gasteiger partial charge on any atom is 0.151 e. The zero-order valence-corrected chi connectivity index (χ0v) is 13.0. The summed E-state index contributed by atoms with van der Waals surface area (Å²) in [7, 11) is 3.69. The number of hydrogen-bond acceptors (Lipinski definition) is 3. The van der Waals surface area contributed by atoms with E-state index in [2.05, 4.69) is 23.0 Å². The summed E-state index contributed by atoms with van der Waals surface area (Å²) >= 11 is 0. The van der Waals surface area contributed by atoms with Crippen molar-refractivity contribution < 1.29 is 4.74 Å². The van der Waals surface area contributed by atoms with Gasteiger partial charge in [-0.2, -0.15) is 0 Å². The number of aryl methyl sites for hydroxylation is 1. The molecule has 1 atom stereocenters.